The Balaban J connectivity index is 1.95. The number of anilines is 2. The Morgan fingerprint density at radius 1 is 1.19 bits per heavy atom. The number of carbonyl (C=O) groups is 1. The number of nitrogens with two attached hydrogens (primary N) is 1. The number of thiazole rings is 1. The quantitative estimate of drug-likeness (QED) is 0.726. The highest BCUT2D eigenvalue weighted by atomic mass is 35.5. The number of nitrogens with one attached hydrogen (secondary N) is 1. The van der Waals surface area contributed by atoms with Gasteiger partial charge in [0.05, 0.1) is 20.3 Å². The molecule has 21 heavy (non-hydrogen) atoms. The lowest BCUT2D eigenvalue weighted by Crippen LogP contribution is -2.12. The van der Waals surface area contributed by atoms with E-state index in [-0.39, 0.29) is 5.91 Å². The third-order valence-corrected chi connectivity index (χ3v) is 4.29. The molecular weight excluding hydrogens is 329 g/mol. The molecule has 0 aliphatic carbocycles. The van der Waals surface area contributed by atoms with Crippen LogP contribution < -0.4 is 11.1 Å². The molecule has 2 aromatic carbocycles. The summed E-state index contributed by atoms with van der Waals surface area (Å²) in [6.07, 6.45) is 0. The summed E-state index contributed by atoms with van der Waals surface area (Å²) in [7, 11) is 0. The number of aromatic nitrogens is 1. The zero-order valence-corrected chi connectivity index (χ0v) is 12.9. The summed E-state index contributed by atoms with van der Waals surface area (Å²) in [5.74, 6) is -0.298. The molecule has 3 aromatic rings. The van der Waals surface area contributed by atoms with Crippen LogP contribution in [-0.4, -0.2) is 10.9 Å². The van der Waals surface area contributed by atoms with Gasteiger partial charge in [0.2, 0.25) is 0 Å². The molecule has 0 saturated carbocycles. The Kier molecular flexibility index (Phi) is 3.71. The number of amides is 1. The molecule has 4 nitrogen and oxygen atoms in total. The Bertz CT molecular complexity index is 847. The molecule has 0 aliphatic heterocycles. The van der Waals surface area contributed by atoms with E-state index in [1.54, 1.807) is 36.4 Å². The van der Waals surface area contributed by atoms with Gasteiger partial charge in [-0.2, -0.15) is 0 Å². The van der Waals surface area contributed by atoms with Crippen LogP contribution in [0.3, 0.4) is 0 Å². The maximum absolute atomic E-state index is 12.2. The van der Waals surface area contributed by atoms with Gasteiger partial charge in [0.15, 0.2) is 5.13 Å². The number of benzene rings is 2. The zero-order valence-electron chi connectivity index (χ0n) is 10.6. The second kappa shape index (κ2) is 5.52. The van der Waals surface area contributed by atoms with E-state index in [4.69, 9.17) is 28.9 Å². The van der Waals surface area contributed by atoms with Crippen molar-refractivity contribution in [2.75, 3.05) is 11.1 Å². The molecule has 3 rings (SSSR count). The fourth-order valence-corrected chi connectivity index (χ4v) is 3.26. The molecule has 0 atom stereocenters. The predicted octanol–water partition coefficient (Wildman–Crippen LogP) is 4.44. The monoisotopic (exact) mass is 337 g/mol. The SMILES string of the molecule is Nc1nc2c(Cl)cc(NC(=O)c3ccccc3Cl)cc2s1. The molecule has 1 amide bonds. The Labute approximate surface area is 134 Å². The number of hydrogen-bond acceptors (Lipinski definition) is 4. The van der Waals surface area contributed by atoms with E-state index >= 15 is 0 Å². The minimum atomic E-state index is -0.298. The third kappa shape index (κ3) is 2.81. The molecule has 1 heterocycles. The first-order chi connectivity index (χ1) is 10.0. The van der Waals surface area contributed by atoms with E-state index in [2.05, 4.69) is 10.3 Å². The molecule has 1 aromatic heterocycles. The number of halogens is 2. The summed E-state index contributed by atoms with van der Waals surface area (Å²) in [6.45, 7) is 0. The predicted molar refractivity (Wildman–Crippen MR) is 88.4 cm³/mol. The third-order valence-electron chi connectivity index (χ3n) is 2.84. The van der Waals surface area contributed by atoms with Gasteiger partial charge >= 0.3 is 0 Å². The molecule has 0 unspecified atom stereocenters. The minimum absolute atomic E-state index is 0.298. The topological polar surface area (TPSA) is 68.0 Å². The van der Waals surface area contributed by atoms with Crippen molar-refractivity contribution in [1.29, 1.82) is 0 Å². The highest BCUT2D eigenvalue weighted by molar-refractivity contribution is 7.22. The molecule has 0 spiro atoms. The maximum atomic E-state index is 12.2. The minimum Gasteiger partial charge on any atom is -0.375 e. The van der Waals surface area contributed by atoms with Gasteiger partial charge in [-0.25, -0.2) is 4.98 Å². The smallest absolute Gasteiger partial charge is 0.257 e. The fourth-order valence-electron chi connectivity index (χ4n) is 1.92. The average Bonchev–Trinajstić information content (AvgIpc) is 2.80. The van der Waals surface area contributed by atoms with Crippen molar-refractivity contribution < 1.29 is 4.79 Å². The molecule has 0 saturated heterocycles. The van der Waals surface area contributed by atoms with Crippen LogP contribution in [0.4, 0.5) is 10.8 Å². The van der Waals surface area contributed by atoms with E-state index in [9.17, 15) is 4.79 Å². The van der Waals surface area contributed by atoms with Crippen LogP contribution in [-0.2, 0) is 0 Å². The summed E-state index contributed by atoms with van der Waals surface area (Å²) < 4.78 is 0.814. The molecule has 0 radical (unpaired) electrons. The first kappa shape index (κ1) is 14.1. The highest BCUT2D eigenvalue weighted by Gasteiger charge is 2.12. The van der Waals surface area contributed by atoms with Gasteiger partial charge in [-0.3, -0.25) is 4.79 Å². The summed E-state index contributed by atoms with van der Waals surface area (Å²) in [4.78, 5) is 16.3. The van der Waals surface area contributed by atoms with Crippen molar-refractivity contribution in [2.24, 2.45) is 0 Å². The van der Waals surface area contributed by atoms with Gasteiger partial charge in [-0.05, 0) is 24.3 Å². The number of nitrogens with zero attached hydrogens (tertiary/aromatic N) is 1. The Morgan fingerprint density at radius 2 is 1.95 bits per heavy atom. The van der Waals surface area contributed by atoms with E-state index < -0.39 is 0 Å². The van der Waals surface area contributed by atoms with Gasteiger partial charge in [0, 0.05) is 5.69 Å². The average molecular weight is 338 g/mol. The van der Waals surface area contributed by atoms with E-state index in [1.165, 1.54) is 11.3 Å². The maximum Gasteiger partial charge on any atom is 0.257 e. The van der Waals surface area contributed by atoms with E-state index in [0.29, 0.717) is 31.9 Å². The van der Waals surface area contributed by atoms with Crippen LogP contribution in [0.25, 0.3) is 10.2 Å². The fraction of sp³-hybridized carbons (Fsp3) is 0. The van der Waals surface area contributed by atoms with Gasteiger partial charge in [-0.1, -0.05) is 46.7 Å². The van der Waals surface area contributed by atoms with Gasteiger partial charge in [0.1, 0.15) is 5.52 Å². The van der Waals surface area contributed by atoms with Crippen LogP contribution in [0.15, 0.2) is 36.4 Å². The van der Waals surface area contributed by atoms with Crippen molar-refractivity contribution in [1.82, 2.24) is 4.98 Å². The first-order valence-electron chi connectivity index (χ1n) is 5.96. The Hall–Kier alpha value is -1.82. The highest BCUT2D eigenvalue weighted by Crippen LogP contribution is 2.33. The van der Waals surface area contributed by atoms with Gasteiger partial charge in [0.25, 0.3) is 5.91 Å². The molecular formula is C14H9Cl2N3OS. The summed E-state index contributed by atoms with van der Waals surface area (Å²) in [5, 5.41) is 4.04. The van der Waals surface area contributed by atoms with Crippen LogP contribution >= 0.6 is 34.5 Å². The number of hydrogen-bond donors (Lipinski definition) is 2. The molecule has 0 bridgehead atoms. The van der Waals surface area contributed by atoms with Crippen molar-refractivity contribution >= 4 is 61.5 Å². The lowest BCUT2D eigenvalue weighted by molar-refractivity contribution is 0.102. The van der Waals surface area contributed by atoms with Crippen LogP contribution in [0, 0.1) is 0 Å². The lowest BCUT2D eigenvalue weighted by atomic mass is 10.2. The number of fused-ring (bicyclic) bond motifs is 1. The first-order valence-corrected chi connectivity index (χ1v) is 7.53. The summed E-state index contributed by atoms with van der Waals surface area (Å²) >= 11 is 13.5. The van der Waals surface area contributed by atoms with Crippen LogP contribution in [0.1, 0.15) is 10.4 Å². The largest absolute Gasteiger partial charge is 0.375 e. The van der Waals surface area contributed by atoms with Gasteiger partial charge < -0.3 is 11.1 Å². The molecule has 0 fully saturated rings. The molecule has 3 N–H and O–H groups in total. The molecule has 106 valence electrons. The number of nitrogen functional groups attached to an aromatic ring is 1. The second-order valence-electron chi connectivity index (χ2n) is 4.29. The number of carbonyl (C=O) groups excluding carboxylic acids is 1. The zero-order chi connectivity index (χ0) is 15.0. The van der Waals surface area contributed by atoms with Crippen molar-refractivity contribution in [3.05, 3.63) is 52.0 Å². The second-order valence-corrected chi connectivity index (χ2v) is 6.17. The normalized spacial score (nSPS) is 10.8. The molecule has 0 aliphatic rings. The van der Waals surface area contributed by atoms with Crippen molar-refractivity contribution in [3.8, 4) is 0 Å². The van der Waals surface area contributed by atoms with Crippen molar-refractivity contribution in [2.45, 2.75) is 0 Å². The van der Waals surface area contributed by atoms with Gasteiger partial charge in [-0.15, -0.1) is 0 Å². The van der Waals surface area contributed by atoms with Crippen molar-refractivity contribution in [3.63, 3.8) is 0 Å². The lowest BCUT2D eigenvalue weighted by Gasteiger charge is -2.07. The van der Waals surface area contributed by atoms with Crippen LogP contribution in [0.5, 0.6) is 0 Å². The Morgan fingerprint density at radius 3 is 2.71 bits per heavy atom. The van der Waals surface area contributed by atoms with E-state index in [0.717, 1.165) is 4.70 Å². The van der Waals surface area contributed by atoms with Crippen LogP contribution in [0.2, 0.25) is 10.0 Å². The standard InChI is InChI=1S/C14H9Cl2N3OS/c15-9-4-2-1-3-8(9)13(20)18-7-5-10(16)12-11(6-7)21-14(17)19-12/h1-6H,(H2,17,19)(H,18,20). The molecule has 7 heteroatoms. The summed E-state index contributed by atoms with van der Waals surface area (Å²) in [6, 6.07) is 10.3. The number of rotatable bonds is 2. The van der Waals surface area contributed by atoms with E-state index in [1.807, 2.05) is 0 Å². The summed E-state index contributed by atoms with van der Waals surface area (Å²) in [5.41, 5.74) is 7.27.